The summed E-state index contributed by atoms with van der Waals surface area (Å²) in [5, 5.41) is 3.24. The lowest BCUT2D eigenvalue weighted by molar-refractivity contribution is -0.0169. The molecule has 0 fully saturated rings. The second-order valence-corrected chi connectivity index (χ2v) is 5.61. The van der Waals surface area contributed by atoms with Crippen LogP contribution in [0.4, 0.5) is 5.82 Å². The zero-order chi connectivity index (χ0) is 15.2. The summed E-state index contributed by atoms with van der Waals surface area (Å²) in [7, 11) is 0. The first kappa shape index (κ1) is 16.7. The minimum Gasteiger partial charge on any atom is -0.475 e. The first-order valence-electron chi connectivity index (χ1n) is 7.25. The van der Waals surface area contributed by atoms with Crippen LogP contribution >= 0.6 is 0 Å². The highest BCUT2D eigenvalue weighted by Gasteiger charge is 2.12. The van der Waals surface area contributed by atoms with Crippen LogP contribution in [0.5, 0.6) is 5.88 Å². The van der Waals surface area contributed by atoms with Crippen LogP contribution < -0.4 is 10.1 Å². The highest BCUT2D eigenvalue weighted by atomic mass is 16.5. The Labute approximate surface area is 122 Å². The SMILES string of the molecule is CCNc1nc(CC)nc(OCCOC(C)(C)C)c1C. The van der Waals surface area contributed by atoms with E-state index in [0.29, 0.717) is 19.1 Å². The Kier molecular flexibility index (Phi) is 6.20. The normalized spacial score (nSPS) is 11.5. The smallest absolute Gasteiger partial charge is 0.221 e. The second-order valence-electron chi connectivity index (χ2n) is 5.61. The van der Waals surface area contributed by atoms with Gasteiger partial charge >= 0.3 is 0 Å². The van der Waals surface area contributed by atoms with Gasteiger partial charge in [0.05, 0.1) is 17.8 Å². The molecule has 0 aliphatic carbocycles. The van der Waals surface area contributed by atoms with Crippen LogP contribution in [0.15, 0.2) is 0 Å². The van der Waals surface area contributed by atoms with Gasteiger partial charge in [-0.2, -0.15) is 4.98 Å². The Morgan fingerprint density at radius 2 is 1.80 bits per heavy atom. The van der Waals surface area contributed by atoms with Crippen molar-refractivity contribution in [2.24, 2.45) is 0 Å². The summed E-state index contributed by atoms with van der Waals surface area (Å²) in [4.78, 5) is 8.91. The molecule has 0 spiro atoms. The second kappa shape index (κ2) is 7.43. The quantitative estimate of drug-likeness (QED) is 0.779. The van der Waals surface area contributed by atoms with Crippen LogP contribution in [0.3, 0.4) is 0 Å². The topological polar surface area (TPSA) is 56.3 Å². The molecule has 0 bridgehead atoms. The molecule has 0 radical (unpaired) electrons. The maximum Gasteiger partial charge on any atom is 0.221 e. The van der Waals surface area contributed by atoms with Crippen molar-refractivity contribution in [2.45, 2.75) is 53.6 Å². The van der Waals surface area contributed by atoms with E-state index in [9.17, 15) is 0 Å². The van der Waals surface area contributed by atoms with Crippen molar-refractivity contribution in [3.8, 4) is 5.88 Å². The van der Waals surface area contributed by atoms with Crippen LogP contribution in [0, 0.1) is 6.92 Å². The van der Waals surface area contributed by atoms with Crippen molar-refractivity contribution in [2.75, 3.05) is 25.1 Å². The van der Waals surface area contributed by atoms with E-state index in [2.05, 4.69) is 15.3 Å². The summed E-state index contributed by atoms with van der Waals surface area (Å²) in [6.07, 6.45) is 0.785. The highest BCUT2D eigenvalue weighted by molar-refractivity contribution is 5.48. The third-order valence-corrected chi connectivity index (χ3v) is 2.67. The van der Waals surface area contributed by atoms with E-state index in [1.54, 1.807) is 0 Å². The maximum atomic E-state index is 5.75. The standard InChI is InChI=1S/C15H27N3O2/c1-7-12-17-13(16-8-2)11(3)14(18-12)19-9-10-20-15(4,5)6/h7-10H2,1-6H3,(H,16,17,18). The average molecular weight is 281 g/mol. The van der Waals surface area contributed by atoms with Crippen molar-refractivity contribution in [1.82, 2.24) is 9.97 Å². The lowest BCUT2D eigenvalue weighted by atomic mass is 10.2. The van der Waals surface area contributed by atoms with Gasteiger partial charge in [0.2, 0.25) is 5.88 Å². The average Bonchev–Trinajstić information content (AvgIpc) is 2.37. The summed E-state index contributed by atoms with van der Waals surface area (Å²) in [6, 6.07) is 0. The Morgan fingerprint density at radius 3 is 2.35 bits per heavy atom. The predicted molar refractivity (Wildman–Crippen MR) is 81.5 cm³/mol. The molecule has 0 atom stereocenters. The first-order chi connectivity index (χ1) is 9.37. The van der Waals surface area contributed by atoms with E-state index in [4.69, 9.17) is 9.47 Å². The van der Waals surface area contributed by atoms with E-state index >= 15 is 0 Å². The molecule has 1 rings (SSSR count). The zero-order valence-corrected chi connectivity index (χ0v) is 13.5. The molecule has 1 N–H and O–H groups in total. The number of hydrogen-bond donors (Lipinski definition) is 1. The van der Waals surface area contributed by atoms with Crippen LogP contribution in [0.25, 0.3) is 0 Å². The van der Waals surface area contributed by atoms with Crippen LogP contribution in [0.2, 0.25) is 0 Å². The van der Waals surface area contributed by atoms with Gasteiger partial charge in [-0.1, -0.05) is 6.92 Å². The van der Waals surface area contributed by atoms with Gasteiger partial charge in [-0.3, -0.25) is 0 Å². The van der Waals surface area contributed by atoms with Crippen molar-refractivity contribution in [3.63, 3.8) is 0 Å². The van der Waals surface area contributed by atoms with Crippen molar-refractivity contribution < 1.29 is 9.47 Å². The molecule has 0 aliphatic heterocycles. The van der Waals surface area contributed by atoms with E-state index in [1.165, 1.54) is 0 Å². The van der Waals surface area contributed by atoms with E-state index in [1.807, 2.05) is 41.5 Å². The van der Waals surface area contributed by atoms with E-state index < -0.39 is 0 Å². The molecule has 0 aromatic carbocycles. The van der Waals surface area contributed by atoms with Crippen molar-refractivity contribution >= 4 is 5.82 Å². The molecule has 20 heavy (non-hydrogen) atoms. The van der Waals surface area contributed by atoms with Gasteiger partial charge in [0.1, 0.15) is 18.2 Å². The summed E-state index contributed by atoms with van der Waals surface area (Å²) in [5.74, 6) is 2.29. The number of ether oxygens (including phenoxy) is 2. The molecule has 0 saturated carbocycles. The first-order valence-corrected chi connectivity index (χ1v) is 7.25. The fourth-order valence-corrected chi connectivity index (χ4v) is 1.66. The lowest BCUT2D eigenvalue weighted by Gasteiger charge is -2.20. The number of anilines is 1. The van der Waals surface area contributed by atoms with Gasteiger partial charge in [0.25, 0.3) is 0 Å². The van der Waals surface area contributed by atoms with E-state index in [-0.39, 0.29) is 5.60 Å². The minimum atomic E-state index is -0.145. The monoisotopic (exact) mass is 281 g/mol. The molecular formula is C15H27N3O2. The van der Waals surface area contributed by atoms with Crippen LogP contribution in [0.1, 0.15) is 46.0 Å². The molecular weight excluding hydrogens is 254 g/mol. The molecule has 0 unspecified atom stereocenters. The number of nitrogens with zero attached hydrogens (tertiary/aromatic N) is 2. The molecule has 0 amide bonds. The third kappa shape index (κ3) is 5.33. The van der Waals surface area contributed by atoms with Crippen LogP contribution in [-0.4, -0.2) is 35.3 Å². The largest absolute Gasteiger partial charge is 0.475 e. The summed E-state index contributed by atoms with van der Waals surface area (Å²) in [6.45, 7) is 14.0. The molecule has 0 saturated heterocycles. The molecule has 5 heteroatoms. The molecule has 1 heterocycles. The maximum absolute atomic E-state index is 5.75. The molecule has 114 valence electrons. The van der Waals surface area contributed by atoms with Gasteiger partial charge < -0.3 is 14.8 Å². The fraction of sp³-hybridized carbons (Fsp3) is 0.733. The Morgan fingerprint density at radius 1 is 1.10 bits per heavy atom. The summed E-state index contributed by atoms with van der Waals surface area (Å²) in [5.41, 5.74) is 0.799. The summed E-state index contributed by atoms with van der Waals surface area (Å²) >= 11 is 0. The van der Waals surface area contributed by atoms with Gasteiger partial charge in [-0.25, -0.2) is 4.98 Å². The highest BCUT2D eigenvalue weighted by Crippen LogP contribution is 2.22. The number of hydrogen-bond acceptors (Lipinski definition) is 5. The molecule has 1 aromatic rings. The fourth-order valence-electron chi connectivity index (χ4n) is 1.66. The Hall–Kier alpha value is -1.36. The molecule has 1 aromatic heterocycles. The number of aromatic nitrogens is 2. The Balaban J connectivity index is 2.70. The predicted octanol–water partition coefficient (Wildman–Crippen LogP) is 2.97. The number of rotatable bonds is 7. The zero-order valence-electron chi connectivity index (χ0n) is 13.5. The third-order valence-electron chi connectivity index (χ3n) is 2.67. The minimum absolute atomic E-state index is 0.145. The van der Waals surface area contributed by atoms with Crippen molar-refractivity contribution in [3.05, 3.63) is 11.4 Å². The van der Waals surface area contributed by atoms with Crippen LogP contribution in [-0.2, 0) is 11.2 Å². The Bertz CT molecular complexity index is 428. The van der Waals surface area contributed by atoms with Gasteiger partial charge in [-0.05, 0) is 34.6 Å². The molecule has 0 aliphatic rings. The van der Waals surface area contributed by atoms with Crippen molar-refractivity contribution in [1.29, 1.82) is 0 Å². The number of aryl methyl sites for hydroxylation is 1. The van der Waals surface area contributed by atoms with Gasteiger partial charge in [0, 0.05) is 13.0 Å². The van der Waals surface area contributed by atoms with Gasteiger partial charge in [-0.15, -0.1) is 0 Å². The van der Waals surface area contributed by atoms with Gasteiger partial charge in [0.15, 0.2) is 0 Å². The van der Waals surface area contributed by atoms with E-state index in [0.717, 1.165) is 30.2 Å². The summed E-state index contributed by atoms with van der Waals surface area (Å²) < 4.78 is 11.4. The molecule has 5 nitrogen and oxygen atoms in total. The lowest BCUT2D eigenvalue weighted by Crippen LogP contribution is -2.23. The number of nitrogens with one attached hydrogen (secondary N) is 1.